The molecule has 7 nitrogen and oxygen atoms in total. The summed E-state index contributed by atoms with van der Waals surface area (Å²) in [6.45, 7) is 20.2. The molecule has 0 bridgehead atoms. The van der Waals surface area contributed by atoms with Crippen LogP contribution in [0.5, 0.6) is 11.5 Å². The number of benzene rings is 2. The van der Waals surface area contributed by atoms with Gasteiger partial charge >= 0.3 is 5.97 Å². The third-order valence-corrected chi connectivity index (χ3v) is 8.12. The minimum atomic E-state index is -0.708. The van der Waals surface area contributed by atoms with Gasteiger partial charge in [0.25, 0.3) is 5.56 Å². The zero-order valence-electron chi connectivity index (χ0n) is 26.3. The first-order valence-electron chi connectivity index (χ1n) is 14.4. The number of esters is 1. The normalized spacial score (nSPS) is 16.0. The van der Waals surface area contributed by atoms with Gasteiger partial charge < -0.3 is 14.6 Å². The molecule has 4 rings (SSSR count). The van der Waals surface area contributed by atoms with Gasteiger partial charge in [-0.1, -0.05) is 65.0 Å². The number of aromatic nitrogens is 1. The van der Waals surface area contributed by atoms with Crippen molar-refractivity contribution >= 4 is 23.4 Å². The van der Waals surface area contributed by atoms with Crippen LogP contribution in [0.4, 0.5) is 0 Å². The Kier molecular flexibility index (Phi) is 8.61. The molecular weight excluding hydrogens is 548 g/mol. The SMILES string of the molecule is CCOc1ccc([C@@H]2C(C(=O)OC(C)C)=C(C)N=c3s/c(=C/c4cc(C(C)(C)C)c(O)c(C(C)(C)C)c4)c(=O)n32)cc1. The van der Waals surface area contributed by atoms with Crippen molar-refractivity contribution in [1.82, 2.24) is 4.57 Å². The molecule has 0 saturated carbocycles. The number of ether oxygens (including phenoxy) is 2. The maximum absolute atomic E-state index is 14.1. The Balaban J connectivity index is 1.97. The highest BCUT2D eigenvalue weighted by atomic mass is 32.1. The molecule has 0 amide bonds. The van der Waals surface area contributed by atoms with Gasteiger partial charge in [0.1, 0.15) is 11.5 Å². The van der Waals surface area contributed by atoms with Crippen LogP contribution in [0.1, 0.15) is 97.5 Å². The van der Waals surface area contributed by atoms with Crippen molar-refractivity contribution in [1.29, 1.82) is 0 Å². The Morgan fingerprint density at radius 3 is 2.14 bits per heavy atom. The number of carbonyl (C=O) groups is 1. The number of rotatable bonds is 6. The van der Waals surface area contributed by atoms with Gasteiger partial charge in [0.15, 0.2) is 4.80 Å². The summed E-state index contributed by atoms with van der Waals surface area (Å²) in [6, 6.07) is 10.6. The summed E-state index contributed by atoms with van der Waals surface area (Å²) in [4.78, 5) is 32.7. The van der Waals surface area contributed by atoms with Crippen molar-refractivity contribution in [2.45, 2.75) is 92.2 Å². The largest absolute Gasteiger partial charge is 0.507 e. The number of phenolic OH excluding ortho intramolecular Hbond substituents is 1. The Hall–Kier alpha value is -3.65. The summed E-state index contributed by atoms with van der Waals surface area (Å²) in [7, 11) is 0. The lowest BCUT2D eigenvalue weighted by Crippen LogP contribution is -2.40. The highest BCUT2D eigenvalue weighted by molar-refractivity contribution is 7.07. The van der Waals surface area contributed by atoms with Crippen LogP contribution >= 0.6 is 11.3 Å². The molecular formula is C34H42N2O5S. The van der Waals surface area contributed by atoms with E-state index in [1.807, 2.05) is 49.4 Å². The topological polar surface area (TPSA) is 90.1 Å². The molecule has 1 aliphatic heterocycles. The molecule has 42 heavy (non-hydrogen) atoms. The highest BCUT2D eigenvalue weighted by Crippen LogP contribution is 2.40. The van der Waals surface area contributed by atoms with Crippen molar-refractivity contribution in [2.75, 3.05) is 6.61 Å². The molecule has 2 aromatic carbocycles. The number of nitrogens with zero attached hydrogens (tertiary/aromatic N) is 2. The van der Waals surface area contributed by atoms with Crippen molar-refractivity contribution in [3.05, 3.63) is 89.6 Å². The fourth-order valence-corrected chi connectivity index (χ4v) is 6.17. The number of phenols is 1. The van der Waals surface area contributed by atoms with Gasteiger partial charge in [-0.05, 0) is 80.0 Å². The maximum atomic E-state index is 14.1. The second kappa shape index (κ2) is 11.6. The molecule has 3 aromatic rings. The second-order valence-corrected chi connectivity index (χ2v) is 14.0. The van der Waals surface area contributed by atoms with Gasteiger partial charge in [-0.2, -0.15) is 0 Å². The number of hydrogen-bond acceptors (Lipinski definition) is 7. The summed E-state index contributed by atoms with van der Waals surface area (Å²) in [5, 5.41) is 11.2. The van der Waals surface area contributed by atoms with Crippen molar-refractivity contribution in [2.24, 2.45) is 4.99 Å². The summed E-state index contributed by atoms with van der Waals surface area (Å²) >= 11 is 1.28. The molecule has 1 aliphatic rings. The quantitative estimate of drug-likeness (QED) is 0.362. The average molecular weight is 591 g/mol. The van der Waals surface area contributed by atoms with Gasteiger partial charge in [0, 0.05) is 11.1 Å². The molecule has 1 aromatic heterocycles. The van der Waals surface area contributed by atoms with Crippen LogP contribution in [-0.4, -0.2) is 28.4 Å². The number of hydrogen-bond donors (Lipinski definition) is 1. The van der Waals surface area contributed by atoms with E-state index >= 15 is 0 Å². The molecule has 0 fully saturated rings. The smallest absolute Gasteiger partial charge is 0.338 e. The molecule has 2 heterocycles. The maximum Gasteiger partial charge on any atom is 0.338 e. The third kappa shape index (κ3) is 6.24. The standard InChI is InChI=1S/C34H42N2O5S/c1-11-40-23-14-12-22(13-15-23)28-27(31(39)41-19(2)3)20(4)35-32-36(28)30(38)26(42-32)18-21-16-24(33(5,6)7)29(37)25(17-21)34(8,9)10/h12-19,28,37H,11H2,1-10H3/b26-18+/t28-/m1/s1. The van der Waals surface area contributed by atoms with E-state index in [4.69, 9.17) is 14.5 Å². The van der Waals surface area contributed by atoms with Gasteiger partial charge in [-0.3, -0.25) is 9.36 Å². The Labute approximate surface area is 251 Å². The minimum Gasteiger partial charge on any atom is -0.507 e. The molecule has 8 heteroatoms. The molecule has 0 saturated heterocycles. The lowest BCUT2D eigenvalue weighted by atomic mass is 9.78. The van der Waals surface area contributed by atoms with E-state index in [0.717, 1.165) is 22.3 Å². The zero-order chi connectivity index (χ0) is 31.1. The van der Waals surface area contributed by atoms with Crippen molar-refractivity contribution in [3.63, 3.8) is 0 Å². The molecule has 0 aliphatic carbocycles. The van der Waals surface area contributed by atoms with Crippen LogP contribution in [0.15, 0.2) is 57.5 Å². The van der Waals surface area contributed by atoms with Gasteiger partial charge in [-0.15, -0.1) is 0 Å². The van der Waals surface area contributed by atoms with E-state index in [9.17, 15) is 14.7 Å². The molecule has 1 N–H and O–H groups in total. The van der Waals surface area contributed by atoms with Crippen molar-refractivity contribution < 1.29 is 19.4 Å². The third-order valence-electron chi connectivity index (χ3n) is 7.14. The Bertz CT molecular complexity index is 1680. The number of fused-ring (bicyclic) bond motifs is 1. The Morgan fingerprint density at radius 1 is 1.07 bits per heavy atom. The van der Waals surface area contributed by atoms with Gasteiger partial charge in [0.05, 0.1) is 34.6 Å². The van der Waals surface area contributed by atoms with E-state index in [1.54, 1.807) is 25.3 Å². The van der Waals surface area contributed by atoms with Crippen LogP contribution in [0, 0.1) is 0 Å². The molecule has 0 unspecified atom stereocenters. The number of aromatic hydroxyl groups is 1. The number of thiazole rings is 1. The van der Waals surface area contributed by atoms with E-state index in [2.05, 4.69) is 41.5 Å². The number of allylic oxidation sites excluding steroid dienone is 1. The monoisotopic (exact) mass is 590 g/mol. The first-order chi connectivity index (χ1) is 19.5. The predicted molar refractivity (Wildman–Crippen MR) is 168 cm³/mol. The van der Waals surface area contributed by atoms with Crippen LogP contribution in [-0.2, 0) is 20.4 Å². The summed E-state index contributed by atoms with van der Waals surface area (Å²) in [5.74, 6) is 0.493. The molecule has 0 spiro atoms. The summed E-state index contributed by atoms with van der Waals surface area (Å²) in [5.41, 5.74) is 3.20. The van der Waals surface area contributed by atoms with Crippen LogP contribution < -0.4 is 19.6 Å². The Morgan fingerprint density at radius 2 is 1.64 bits per heavy atom. The average Bonchev–Trinajstić information content (AvgIpc) is 3.17. The first kappa shape index (κ1) is 31.3. The van der Waals surface area contributed by atoms with Gasteiger partial charge in [0.2, 0.25) is 0 Å². The van der Waals surface area contributed by atoms with E-state index in [-0.39, 0.29) is 28.2 Å². The lowest BCUT2D eigenvalue weighted by Gasteiger charge is -2.27. The zero-order valence-corrected chi connectivity index (χ0v) is 27.1. The van der Waals surface area contributed by atoms with Crippen molar-refractivity contribution in [3.8, 4) is 11.5 Å². The van der Waals surface area contributed by atoms with Crippen LogP contribution in [0.25, 0.3) is 6.08 Å². The second-order valence-electron chi connectivity index (χ2n) is 13.0. The van der Waals surface area contributed by atoms with Crippen LogP contribution in [0.2, 0.25) is 0 Å². The highest BCUT2D eigenvalue weighted by Gasteiger charge is 2.34. The van der Waals surface area contributed by atoms with Crippen LogP contribution in [0.3, 0.4) is 0 Å². The predicted octanol–water partition coefficient (Wildman–Crippen LogP) is 5.89. The lowest BCUT2D eigenvalue weighted by molar-refractivity contribution is -0.143. The fraction of sp³-hybridized carbons (Fsp3) is 0.441. The summed E-state index contributed by atoms with van der Waals surface area (Å²) in [6.07, 6.45) is 1.53. The molecule has 0 radical (unpaired) electrons. The minimum absolute atomic E-state index is 0.248. The van der Waals surface area contributed by atoms with E-state index in [1.165, 1.54) is 11.3 Å². The molecule has 1 atom stereocenters. The summed E-state index contributed by atoms with van der Waals surface area (Å²) < 4.78 is 13.3. The molecule has 224 valence electrons. The van der Waals surface area contributed by atoms with Gasteiger partial charge in [-0.25, -0.2) is 9.79 Å². The first-order valence-corrected chi connectivity index (χ1v) is 15.2. The van der Waals surface area contributed by atoms with E-state index in [0.29, 0.717) is 33.0 Å². The number of carbonyl (C=O) groups excluding carboxylic acids is 1. The fourth-order valence-electron chi connectivity index (χ4n) is 5.12. The van der Waals surface area contributed by atoms with E-state index < -0.39 is 12.0 Å².